The number of benzene rings is 1. The normalized spacial score (nSPS) is 19.5. The summed E-state index contributed by atoms with van der Waals surface area (Å²) in [6.07, 6.45) is 4.32. The Labute approximate surface area is 113 Å². The van der Waals surface area contributed by atoms with Gasteiger partial charge in [0.05, 0.1) is 18.4 Å². The fourth-order valence-corrected chi connectivity index (χ4v) is 2.42. The molecule has 1 aliphatic heterocycles. The van der Waals surface area contributed by atoms with E-state index in [0.717, 1.165) is 17.7 Å². The summed E-state index contributed by atoms with van der Waals surface area (Å²) in [5, 5.41) is 0. The van der Waals surface area contributed by atoms with Crippen molar-refractivity contribution in [1.82, 2.24) is 0 Å². The summed E-state index contributed by atoms with van der Waals surface area (Å²) in [5.41, 5.74) is 10.2. The molecule has 1 aromatic rings. The Hall–Kier alpha value is -1.78. The fourth-order valence-electron chi connectivity index (χ4n) is 2.42. The van der Waals surface area contributed by atoms with E-state index in [0.29, 0.717) is 13.2 Å². The highest BCUT2D eigenvalue weighted by atomic mass is 16.5. The van der Waals surface area contributed by atoms with Crippen molar-refractivity contribution in [3.05, 3.63) is 41.0 Å². The lowest BCUT2D eigenvalue weighted by atomic mass is 9.91. The zero-order chi connectivity index (χ0) is 13.7. The van der Waals surface area contributed by atoms with Crippen molar-refractivity contribution >= 4 is 18.8 Å². The molecule has 0 aromatic heterocycles. The third kappa shape index (κ3) is 2.80. The fraction of sp³-hybridized carbons (Fsp3) is 0.333. The third-order valence-electron chi connectivity index (χ3n) is 3.27. The predicted octanol–water partition coefficient (Wildman–Crippen LogP) is 2.35. The number of hydrogen-bond acceptors (Lipinski definition) is 3. The highest BCUT2D eigenvalue weighted by Gasteiger charge is 2.22. The van der Waals surface area contributed by atoms with Crippen LogP contribution in [0.25, 0.3) is 5.70 Å². The van der Waals surface area contributed by atoms with Gasteiger partial charge in [0.25, 0.3) is 0 Å². The molecule has 0 saturated carbocycles. The van der Waals surface area contributed by atoms with Gasteiger partial charge in [-0.2, -0.15) is 0 Å². The van der Waals surface area contributed by atoms with Crippen LogP contribution >= 0.6 is 0 Å². The van der Waals surface area contributed by atoms with Gasteiger partial charge in [0.15, 0.2) is 0 Å². The molecule has 1 aliphatic rings. The van der Waals surface area contributed by atoms with Crippen molar-refractivity contribution in [3.63, 3.8) is 0 Å². The van der Waals surface area contributed by atoms with Gasteiger partial charge >= 0.3 is 0 Å². The molecule has 2 N–H and O–H groups in total. The number of rotatable bonds is 4. The Morgan fingerprint density at radius 3 is 3.11 bits per heavy atom. The first-order valence-electron chi connectivity index (χ1n) is 6.40. The van der Waals surface area contributed by atoms with Gasteiger partial charge in [-0.15, -0.1) is 0 Å². The van der Waals surface area contributed by atoms with Crippen LogP contribution in [0, 0.1) is 0 Å². The Bertz CT molecular complexity index is 520. The molecule has 4 heteroatoms. The molecule has 0 bridgehead atoms. The molecule has 2 rings (SSSR count). The van der Waals surface area contributed by atoms with Crippen LogP contribution < -0.4 is 5.73 Å². The van der Waals surface area contributed by atoms with E-state index in [1.165, 1.54) is 17.5 Å². The molecule has 100 valence electrons. The summed E-state index contributed by atoms with van der Waals surface area (Å²) < 4.78 is 5.69. The van der Waals surface area contributed by atoms with Gasteiger partial charge in [-0.25, -0.2) is 4.99 Å². The van der Waals surface area contributed by atoms with Gasteiger partial charge < -0.3 is 10.5 Å². The Kier molecular flexibility index (Phi) is 4.60. The summed E-state index contributed by atoms with van der Waals surface area (Å²) in [6, 6.07) is 6.18. The number of nitrogens with two attached hydrogens (primary N) is 1. The Morgan fingerprint density at radius 1 is 1.58 bits per heavy atom. The molecular formula is C15H19N3O. The molecule has 0 spiro atoms. The standard InChI is InChI=1S/C15H19N3O/c1-3-14(18-10-17-2)12-5-4-6-13-11(12)7-8-19-15(13)9-16/h3-6,10,15H,2,7-9,16H2,1H3/b14-3-,18-10?/t15-/m0/s1. The van der Waals surface area contributed by atoms with Crippen LogP contribution in [0.3, 0.4) is 0 Å². The zero-order valence-corrected chi connectivity index (χ0v) is 11.2. The van der Waals surface area contributed by atoms with Crippen molar-refractivity contribution in [2.45, 2.75) is 19.4 Å². The quantitative estimate of drug-likeness (QED) is 0.665. The van der Waals surface area contributed by atoms with Gasteiger partial charge in [0.1, 0.15) is 6.34 Å². The minimum atomic E-state index is -0.0108. The summed E-state index contributed by atoms with van der Waals surface area (Å²) in [4.78, 5) is 7.99. The van der Waals surface area contributed by atoms with Crippen molar-refractivity contribution < 1.29 is 4.74 Å². The van der Waals surface area contributed by atoms with Crippen LogP contribution in [-0.4, -0.2) is 26.2 Å². The minimum Gasteiger partial charge on any atom is -0.372 e. The van der Waals surface area contributed by atoms with Crippen LogP contribution in [-0.2, 0) is 11.2 Å². The second kappa shape index (κ2) is 6.41. The zero-order valence-electron chi connectivity index (χ0n) is 11.2. The maximum atomic E-state index is 5.76. The molecule has 4 nitrogen and oxygen atoms in total. The van der Waals surface area contributed by atoms with Crippen molar-refractivity contribution in [2.24, 2.45) is 15.7 Å². The average Bonchev–Trinajstić information content (AvgIpc) is 2.47. The molecule has 0 radical (unpaired) electrons. The number of fused-ring (bicyclic) bond motifs is 1. The van der Waals surface area contributed by atoms with E-state index < -0.39 is 0 Å². The summed E-state index contributed by atoms with van der Waals surface area (Å²) in [7, 11) is 0. The first-order chi connectivity index (χ1) is 9.31. The van der Waals surface area contributed by atoms with E-state index in [9.17, 15) is 0 Å². The van der Waals surface area contributed by atoms with E-state index in [2.05, 4.69) is 28.8 Å². The number of ether oxygens (including phenoxy) is 1. The monoisotopic (exact) mass is 257 g/mol. The van der Waals surface area contributed by atoms with Crippen LogP contribution in [0.2, 0.25) is 0 Å². The van der Waals surface area contributed by atoms with Crippen molar-refractivity contribution in [1.29, 1.82) is 0 Å². The third-order valence-corrected chi connectivity index (χ3v) is 3.27. The first kappa shape index (κ1) is 13.6. The van der Waals surface area contributed by atoms with E-state index in [4.69, 9.17) is 10.5 Å². The Morgan fingerprint density at radius 2 is 2.42 bits per heavy atom. The molecule has 0 amide bonds. The first-order valence-corrected chi connectivity index (χ1v) is 6.40. The predicted molar refractivity (Wildman–Crippen MR) is 79.6 cm³/mol. The minimum absolute atomic E-state index is 0.0108. The van der Waals surface area contributed by atoms with Gasteiger partial charge in [0, 0.05) is 12.1 Å². The van der Waals surface area contributed by atoms with Gasteiger partial charge in [-0.3, -0.25) is 4.99 Å². The maximum absolute atomic E-state index is 5.76. The molecule has 1 heterocycles. The lowest BCUT2D eigenvalue weighted by Gasteiger charge is -2.27. The van der Waals surface area contributed by atoms with E-state index in [1.807, 2.05) is 19.1 Å². The Balaban J connectivity index is 2.47. The largest absolute Gasteiger partial charge is 0.372 e. The maximum Gasteiger partial charge on any atom is 0.115 e. The average molecular weight is 257 g/mol. The lowest BCUT2D eigenvalue weighted by molar-refractivity contribution is 0.0484. The smallest absolute Gasteiger partial charge is 0.115 e. The van der Waals surface area contributed by atoms with Crippen molar-refractivity contribution in [3.8, 4) is 0 Å². The van der Waals surface area contributed by atoms with E-state index >= 15 is 0 Å². The van der Waals surface area contributed by atoms with Crippen LogP contribution in [0.5, 0.6) is 0 Å². The number of aliphatic imine (C=N–C) groups is 2. The molecule has 19 heavy (non-hydrogen) atoms. The molecule has 0 fully saturated rings. The second-order valence-corrected chi connectivity index (χ2v) is 4.32. The molecular weight excluding hydrogens is 238 g/mol. The van der Waals surface area contributed by atoms with Crippen molar-refractivity contribution in [2.75, 3.05) is 13.2 Å². The van der Waals surface area contributed by atoms with Crippen LogP contribution in [0.1, 0.15) is 29.7 Å². The highest BCUT2D eigenvalue weighted by molar-refractivity contribution is 5.76. The summed E-state index contributed by atoms with van der Waals surface area (Å²) in [6.45, 7) is 6.58. The number of hydrogen-bond donors (Lipinski definition) is 1. The summed E-state index contributed by atoms with van der Waals surface area (Å²) >= 11 is 0. The number of nitrogens with zero attached hydrogens (tertiary/aromatic N) is 2. The molecule has 1 aromatic carbocycles. The topological polar surface area (TPSA) is 60.0 Å². The SMILES string of the molecule is C=NC=N/C(=C\C)c1cccc2c1CCO[C@H]2CN. The second-order valence-electron chi connectivity index (χ2n) is 4.32. The lowest BCUT2D eigenvalue weighted by Crippen LogP contribution is -2.23. The van der Waals surface area contributed by atoms with E-state index in [-0.39, 0.29) is 6.10 Å². The van der Waals surface area contributed by atoms with E-state index in [1.54, 1.807) is 0 Å². The summed E-state index contributed by atoms with van der Waals surface area (Å²) in [5.74, 6) is 0. The molecule has 0 aliphatic carbocycles. The van der Waals surface area contributed by atoms with Crippen LogP contribution in [0.15, 0.2) is 34.3 Å². The van der Waals surface area contributed by atoms with Gasteiger partial charge in [-0.1, -0.05) is 24.3 Å². The molecule has 0 unspecified atom stereocenters. The molecule has 0 saturated heterocycles. The van der Waals surface area contributed by atoms with Gasteiger partial charge in [-0.05, 0) is 31.2 Å². The number of allylic oxidation sites excluding steroid dienone is 1. The highest BCUT2D eigenvalue weighted by Crippen LogP contribution is 2.32. The van der Waals surface area contributed by atoms with Crippen LogP contribution in [0.4, 0.5) is 0 Å². The molecule has 1 atom stereocenters. The van der Waals surface area contributed by atoms with Gasteiger partial charge in [0.2, 0.25) is 0 Å².